The molecule has 1 aliphatic heterocycles. The molecule has 0 bridgehead atoms. The van der Waals surface area contributed by atoms with Gasteiger partial charge in [0, 0.05) is 25.1 Å². The number of amides is 1. The first-order chi connectivity index (χ1) is 14.7. The quantitative estimate of drug-likeness (QED) is 0.457. The number of thiophene rings is 1. The topological polar surface area (TPSA) is 50.5 Å². The molecule has 0 aliphatic carbocycles. The van der Waals surface area contributed by atoms with Crippen LogP contribution >= 0.6 is 11.3 Å². The largest absolute Gasteiger partial charge is 0.273 e. The number of aromatic nitrogens is 2. The molecular weight excluding hydrogens is 392 g/mol. The van der Waals surface area contributed by atoms with E-state index < -0.39 is 0 Å². The van der Waals surface area contributed by atoms with Crippen molar-refractivity contribution in [2.24, 2.45) is 5.10 Å². The summed E-state index contributed by atoms with van der Waals surface area (Å²) in [6.07, 6.45) is 2.69. The van der Waals surface area contributed by atoms with Crippen LogP contribution in [0.3, 0.4) is 0 Å². The molecule has 0 radical (unpaired) electrons. The van der Waals surface area contributed by atoms with Gasteiger partial charge >= 0.3 is 0 Å². The van der Waals surface area contributed by atoms with E-state index in [0.29, 0.717) is 6.42 Å². The number of hydrogen-bond acceptors (Lipinski definition) is 4. The van der Waals surface area contributed by atoms with E-state index in [2.05, 4.69) is 11.2 Å². The molecular formula is C24H20N4OS. The van der Waals surface area contributed by atoms with Gasteiger partial charge in [-0.3, -0.25) is 4.79 Å². The Bertz CT molecular complexity index is 1200. The zero-order chi connectivity index (χ0) is 20.5. The van der Waals surface area contributed by atoms with Gasteiger partial charge in [-0.1, -0.05) is 54.6 Å². The summed E-state index contributed by atoms with van der Waals surface area (Å²) in [5.41, 5.74) is 4.85. The second-order valence-corrected chi connectivity index (χ2v) is 8.13. The van der Waals surface area contributed by atoms with Crippen LogP contribution in [0.2, 0.25) is 0 Å². The molecule has 1 amide bonds. The summed E-state index contributed by atoms with van der Waals surface area (Å²) in [6, 6.07) is 24.0. The summed E-state index contributed by atoms with van der Waals surface area (Å²) >= 11 is 1.65. The van der Waals surface area contributed by atoms with Gasteiger partial charge in [-0.05, 0) is 29.1 Å². The number of nitrogens with zero attached hydrogens (tertiary/aromatic N) is 4. The monoisotopic (exact) mass is 412 g/mol. The van der Waals surface area contributed by atoms with Crippen molar-refractivity contribution in [3.63, 3.8) is 0 Å². The minimum Gasteiger partial charge on any atom is -0.273 e. The molecule has 6 heteroatoms. The highest BCUT2D eigenvalue weighted by atomic mass is 32.1. The van der Waals surface area contributed by atoms with Crippen molar-refractivity contribution in [2.45, 2.75) is 19.4 Å². The van der Waals surface area contributed by atoms with Crippen molar-refractivity contribution < 1.29 is 4.79 Å². The number of carbonyl (C=O) groups excluding carboxylic acids is 1. The predicted octanol–water partition coefficient (Wildman–Crippen LogP) is 5.30. The highest BCUT2D eigenvalue weighted by Crippen LogP contribution is 2.39. The average Bonchev–Trinajstić information content (AvgIpc) is 3.53. The molecule has 5 nitrogen and oxygen atoms in total. The SMILES string of the molecule is CC(=O)N1N=C(c2ccccc2)CC1c1cn(-c2ccccc2)nc1-c1cccs1. The third-order valence-corrected chi connectivity index (χ3v) is 6.09. The van der Waals surface area contributed by atoms with Gasteiger partial charge in [-0.15, -0.1) is 11.3 Å². The molecule has 2 aromatic carbocycles. The molecule has 0 N–H and O–H groups in total. The van der Waals surface area contributed by atoms with Crippen LogP contribution in [0.15, 0.2) is 89.5 Å². The van der Waals surface area contributed by atoms with Crippen LogP contribution in [0.1, 0.15) is 30.5 Å². The maximum atomic E-state index is 12.5. The van der Waals surface area contributed by atoms with E-state index in [1.54, 1.807) is 23.3 Å². The Kier molecular flexibility index (Phi) is 4.77. The molecule has 0 fully saturated rings. The molecule has 4 aromatic rings. The molecule has 148 valence electrons. The summed E-state index contributed by atoms with van der Waals surface area (Å²) in [5.74, 6) is -0.0736. The first kappa shape index (κ1) is 18.5. The Morgan fingerprint density at radius 3 is 2.40 bits per heavy atom. The first-order valence-electron chi connectivity index (χ1n) is 9.82. The molecule has 3 heterocycles. The molecule has 0 saturated heterocycles. The molecule has 5 rings (SSSR count). The van der Waals surface area contributed by atoms with E-state index in [-0.39, 0.29) is 11.9 Å². The number of benzene rings is 2. The predicted molar refractivity (Wildman–Crippen MR) is 120 cm³/mol. The van der Waals surface area contributed by atoms with Crippen molar-refractivity contribution in [3.05, 3.63) is 95.5 Å². The lowest BCUT2D eigenvalue weighted by Crippen LogP contribution is -2.24. The zero-order valence-corrected chi connectivity index (χ0v) is 17.3. The van der Waals surface area contributed by atoms with Crippen molar-refractivity contribution in [3.8, 4) is 16.3 Å². The molecule has 0 saturated carbocycles. The summed E-state index contributed by atoms with van der Waals surface area (Å²) in [6.45, 7) is 1.57. The van der Waals surface area contributed by atoms with Gasteiger partial charge in [0.15, 0.2) is 0 Å². The van der Waals surface area contributed by atoms with Crippen molar-refractivity contribution in [1.82, 2.24) is 14.8 Å². The van der Waals surface area contributed by atoms with Crippen LogP contribution < -0.4 is 0 Å². The summed E-state index contributed by atoms with van der Waals surface area (Å²) in [4.78, 5) is 13.6. The molecule has 0 spiro atoms. The maximum absolute atomic E-state index is 12.5. The number of para-hydroxylation sites is 1. The molecule has 2 aromatic heterocycles. The maximum Gasteiger partial charge on any atom is 0.240 e. The van der Waals surface area contributed by atoms with E-state index in [1.165, 1.54) is 0 Å². The van der Waals surface area contributed by atoms with Crippen LogP contribution in [0.5, 0.6) is 0 Å². The normalized spacial score (nSPS) is 16.0. The molecule has 1 atom stereocenters. The Labute approximate surface area is 178 Å². The fraction of sp³-hybridized carbons (Fsp3) is 0.125. The van der Waals surface area contributed by atoms with Gasteiger partial charge in [0.25, 0.3) is 0 Å². The van der Waals surface area contributed by atoms with E-state index in [4.69, 9.17) is 5.10 Å². The third kappa shape index (κ3) is 3.35. The van der Waals surface area contributed by atoms with Crippen LogP contribution in [0.25, 0.3) is 16.3 Å². The fourth-order valence-electron chi connectivity index (χ4n) is 3.80. The minimum atomic E-state index is -0.188. The smallest absolute Gasteiger partial charge is 0.240 e. The average molecular weight is 413 g/mol. The Morgan fingerprint density at radius 1 is 1.00 bits per heavy atom. The third-order valence-electron chi connectivity index (χ3n) is 5.22. The van der Waals surface area contributed by atoms with E-state index in [9.17, 15) is 4.79 Å². The minimum absolute atomic E-state index is 0.0736. The second kappa shape index (κ2) is 7.72. The lowest BCUT2D eigenvalue weighted by Gasteiger charge is -2.19. The van der Waals surface area contributed by atoms with Crippen LogP contribution in [-0.2, 0) is 4.79 Å². The van der Waals surface area contributed by atoms with Crippen molar-refractivity contribution in [2.75, 3.05) is 0 Å². The number of rotatable bonds is 4. The van der Waals surface area contributed by atoms with Gasteiger partial charge in [0.2, 0.25) is 5.91 Å². The van der Waals surface area contributed by atoms with Gasteiger partial charge in [-0.2, -0.15) is 10.2 Å². The zero-order valence-electron chi connectivity index (χ0n) is 16.5. The molecule has 30 heavy (non-hydrogen) atoms. The number of carbonyl (C=O) groups is 1. The van der Waals surface area contributed by atoms with Crippen molar-refractivity contribution >= 4 is 23.0 Å². The van der Waals surface area contributed by atoms with Gasteiger partial charge in [0.05, 0.1) is 22.3 Å². The number of hydrazone groups is 1. The van der Waals surface area contributed by atoms with Crippen molar-refractivity contribution in [1.29, 1.82) is 0 Å². The summed E-state index contributed by atoms with van der Waals surface area (Å²) in [7, 11) is 0. The lowest BCUT2D eigenvalue weighted by atomic mass is 9.98. The highest BCUT2D eigenvalue weighted by Gasteiger charge is 2.34. The summed E-state index contributed by atoms with van der Waals surface area (Å²) < 4.78 is 1.89. The van der Waals surface area contributed by atoms with Gasteiger partial charge in [0.1, 0.15) is 5.69 Å². The second-order valence-electron chi connectivity index (χ2n) is 7.19. The van der Waals surface area contributed by atoms with Gasteiger partial charge < -0.3 is 0 Å². The Balaban J connectivity index is 1.60. The van der Waals surface area contributed by atoms with Gasteiger partial charge in [-0.25, -0.2) is 9.69 Å². The lowest BCUT2D eigenvalue weighted by molar-refractivity contribution is -0.130. The summed E-state index contributed by atoms with van der Waals surface area (Å²) in [5, 5.41) is 13.2. The van der Waals surface area contributed by atoms with Crippen LogP contribution in [0.4, 0.5) is 0 Å². The van der Waals surface area contributed by atoms with E-state index in [1.807, 2.05) is 83.0 Å². The fourth-order valence-corrected chi connectivity index (χ4v) is 4.53. The van der Waals surface area contributed by atoms with E-state index in [0.717, 1.165) is 33.1 Å². The molecule has 1 unspecified atom stereocenters. The van der Waals surface area contributed by atoms with E-state index >= 15 is 0 Å². The van der Waals surface area contributed by atoms with Crippen LogP contribution in [0, 0.1) is 0 Å². The van der Waals surface area contributed by atoms with Crippen LogP contribution in [-0.4, -0.2) is 26.4 Å². The standard InChI is InChI=1S/C24H20N4OS/c1-17(29)28-22(15-21(25-28)18-9-4-2-5-10-18)20-16-27(19-11-6-3-7-12-19)26-24(20)23-13-8-14-30-23/h2-14,16,22H,15H2,1H3. The first-order valence-corrected chi connectivity index (χ1v) is 10.7. The highest BCUT2D eigenvalue weighted by molar-refractivity contribution is 7.13. The molecule has 1 aliphatic rings. The Hall–Kier alpha value is -3.51. The number of hydrogen-bond donors (Lipinski definition) is 0. The Morgan fingerprint density at radius 2 is 1.73 bits per heavy atom.